The molecule has 2 rings (SSSR count). The van der Waals surface area contributed by atoms with Gasteiger partial charge in [-0.3, -0.25) is 4.90 Å². The summed E-state index contributed by atoms with van der Waals surface area (Å²) in [6, 6.07) is 6.97. The molecule has 1 saturated heterocycles. The first-order valence-corrected chi connectivity index (χ1v) is 7.70. The van der Waals surface area contributed by atoms with Crippen LogP contribution in [-0.2, 0) is 10.0 Å². The first-order valence-electron chi connectivity index (χ1n) is 6.26. The van der Waals surface area contributed by atoms with Crippen LogP contribution in [0, 0.1) is 19.3 Å². The van der Waals surface area contributed by atoms with Gasteiger partial charge in [0, 0.05) is 26.2 Å². The highest BCUT2D eigenvalue weighted by molar-refractivity contribution is 7.89. The number of sulfonamides is 1. The van der Waals surface area contributed by atoms with Crippen LogP contribution < -0.4 is 0 Å². The van der Waals surface area contributed by atoms with Crippen molar-refractivity contribution in [1.82, 2.24) is 9.21 Å². The van der Waals surface area contributed by atoms with E-state index in [0.717, 1.165) is 5.56 Å². The van der Waals surface area contributed by atoms with Crippen LogP contribution in [0.5, 0.6) is 0 Å². The van der Waals surface area contributed by atoms with Crippen LogP contribution in [0.2, 0.25) is 0 Å². The molecule has 0 bridgehead atoms. The molecule has 0 aliphatic carbocycles. The van der Waals surface area contributed by atoms with E-state index in [-0.39, 0.29) is 0 Å². The number of rotatable bonds is 3. The molecule has 0 amide bonds. The quantitative estimate of drug-likeness (QED) is 0.773. The summed E-state index contributed by atoms with van der Waals surface area (Å²) in [6.07, 6.45) is 5.26. The predicted molar refractivity (Wildman–Crippen MR) is 75.2 cm³/mol. The van der Waals surface area contributed by atoms with Gasteiger partial charge in [-0.2, -0.15) is 4.31 Å². The minimum Gasteiger partial charge on any atom is -0.290 e. The summed E-state index contributed by atoms with van der Waals surface area (Å²) in [5.74, 6) is 2.59. The Morgan fingerprint density at radius 3 is 2.26 bits per heavy atom. The van der Waals surface area contributed by atoms with Gasteiger partial charge in [0.05, 0.1) is 11.4 Å². The van der Waals surface area contributed by atoms with Crippen LogP contribution in [0.4, 0.5) is 0 Å². The van der Waals surface area contributed by atoms with E-state index in [4.69, 9.17) is 6.42 Å². The van der Waals surface area contributed by atoms with E-state index in [1.165, 1.54) is 4.31 Å². The molecule has 0 radical (unpaired) electrons. The molecule has 1 heterocycles. The van der Waals surface area contributed by atoms with Crippen molar-refractivity contribution < 1.29 is 8.42 Å². The normalized spacial score (nSPS) is 18.1. The highest BCUT2D eigenvalue weighted by Gasteiger charge is 2.27. The summed E-state index contributed by atoms with van der Waals surface area (Å²) in [5.41, 5.74) is 1.05. The van der Waals surface area contributed by atoms with Crippen molar-refractivity contribution in [3.63, 3.8) is 0 Å². The van der Waals surface area contributed by atoms with Crippen LogP contribution in [0.1, 0.15) is 5.56 Å². The van der Waals surface area contributed by atoms with Gasteiger partial charge in [0.15, 0.2) is 0 Å². The number of hydrogen-bond acceptors (Lipinski definition) is 3. The average molecular weight is 278 g/mol. The first-order chi connectivity index (χ1) is 9.04. The zero-order valence-corrected chi connectivity index (χ0v) is 11.9. The van der Waals surface area contributed by atoms with Crippen molar-refractivity contribution in [2.24, 2.45) is 0 Å². The molecular formula is C14H18N2O2S. The molecule has 0 atom stereocenters. The number of nitrogens with zero attached hydrogens (tertiary/aromatic N) is 2. The van der Waals surface area contributed by atoms with E-state index in [0.29, 0.717) is 37.6 Å². The Hall–Kier alpha value is -1.35. The van der Waals surface area contributed by atoms with Gasteiger partial charge >= 0.3 is 0 Å². The third-order valence-electron chi connectivity index (χ3n) is 3.30. The maximum absolute atomic E-state index is 12.4. The van der Waals surface area contributed by atoms with E-state index in [9.17, 15) is 8.42 Å². The summed E-state index contributed by atoms with van der Waals surface area (Å²) in [6.45, 7) is 4.90. The fourth-order valence-corrected chi connectivity index (χ4v) is 3.54. The number of aryl methyl sites for hydroxylation is 1. The zero-order valence-electron chi connectivity index (χ0n) is 11.0. The van der Waals surface area contributed by atoms with Crippen LogP contribution in [-0.4, -0.2) is 50.3 Å². The SMILES string of the molecule is C#CCN1CCN(S(=O)(=O)c2ccc(C)cc2)CC1. The largest absolute Gasteiger partial charge is 0.290 e. The second-order valence-corrected chi connectivity index (χ2v) is 6.64. The van der Waals surface area contributed by atoms with Crippen LogP contribution >= 0.6 is 0 Å². The Morgan fingerprint density at radius 1 is 1.16 bits per heavy atom. The lowest BCUT2D eigenvalue weighted by molar-refractivity contribution is 0.207. The lowest BCUT2D eigenvalue weighted by Gasteiger charge is -2.32. The molecule has 1 aromatic carbocycles. The van der Waals surface area contributed by atoms with E-state index in [1.54, 1.807) is 12.1 Å². The fraction of sp³-hybridized carbons (Fsp3) is 0.429. The lowest BCUT2D eigenvalue weighted by atomic mass is 10.2. The number of terminal acetylenes is 1. The molecule has 0 spiro atoms. The molecule has 5 heteroatoms. The highest BCUT2D eigenvalue weighted by atomic mass is 32.2. The summed E-state index contributed by atoms with van der Waals surface area (Å²) in [7, 11) is -3.36. The van der Waals surface area contributed by atoms with Gasteiger partial charge in [-0.1, -0.05) is 23.6 Å². The van der Waals surface area contributed by atoms with Crippen molar-refractivity contribution in [2.45, 2.75) is 11.8 Å². The van der Waals surface area contributed by atoms with Gasteiger partial charge in [-0.25, -0.2) is 8.42 Å². The van der Waals surface area contributed by atoms with E-state index in [1.807, 2.05) is 19.1 Å². The molecular weight excluding hydrogens is 260 g/mol. The van der Waals surface area contributed by atoms with E-state index in [2.05, 4.69) is 10.8 Å². The second-order valence-electron chi connectivity index (χ2n) is 4.70. The average Bonchev–Trinajstić information content (AvgIpc) is 2.40. The topological polar surface area (TPSA) is 40.6 Å². The van der Waals surface area contributed by atoms with Crippen molar-refractivity contribution in [2.75, 3.05) is 32.7 Å². The van der Waals surface area contributed by atoms with Gasteiger partial charge < -0.3 is 0 Å². The van der Waals surface area contributed by atoms with Crippen molar-refractivity contribution >= 4 is 10.0 Å². The number of piperazine rings is 1. The Balaban J connectivity index is 2.10. The Bertz CT molecular complexity index is 564. The minimum absolute atomic E-state index is 0.364. The van der Waals surface area contributed by atoms with Gasteiger partial charge in [-0.05, 0) is 19.1 Å². The number of hydrogen-bond donors (Lipinski definition) is 0. The first kappa shape index (κ1) is 14.1. The molecule has 1 aromatic rings. The van der Waals surface area contributed by atoms with E-state index >= 15 is 0 Å². The van der Waals surface area contributed by atoms with Crippen LogP contribution in [0.3, 0.4) is 0 Å². The highest BCUT2D eigenvalue weighted by Crippen LogP contribution is 2.17. The van der Waals surface area contributed by atoms with Crippen molar-refractivity contribution in [1.29, 1.82) is 0 Å². The summed E-state index contributed by atoms with van der Waals surface area (Å²) >= 11 is 0. The third-order valence-corrected chi connectivity index (χ3v) is 5.22. The third kappa shape index (κ3) is 3.16. The Morgan fingerprint density at radius 2 is 1.74 bits per heavy atom. The van der Waals surface area contributed by atoms with Crippen molar-refractivity contribution in [3.05, 3.63) is 29.8 Å². The van der Waals surface area contributed by atoms with Crippen molar-refractivity contribution in [3.8, 4) is 12.3 Å². The molecule has 102 valence electrons. The van der Waals surface area contributed by atoms with Gasteiger partial charge in [0.25, 0.3) is 0 Å². The summed E-state index contributed by atoms with van der Waals surface area (Å²) in [4.78, 5) is 2.45. The molecule has 0 unspecified atom stereocenters. The van der Waals surface area contributed by atoms with E-state index < -0.39 is 10.0 Å². The standard InChI is InChI=1S/C14H18N2O2S/c1-3-8-15-9-11-16(12-10-15)19(17,18)14-6-4-13(2)5-7-14/h1,4-7H,8-12H2,2H3. The van der Waals surface area contributed by atoms with Crippen LogP contribution in [0.15, 0.2) is 29.2 Å². The monoisotopic (exact) mass is 278 g/mol. The van der Waals surface area contributed by atoms with Crippen LogP contribution in [0.25, 0.3) is 0 Å². The minimum atomic E-state index is -3.36. The molecule has 1 aliphatic rings. The summed E-state index contributed by atoms with van der Waals surface area (Å²) < 4.78 is 26.4. The van der Waals surface area contributed by atoms with Gasteiger partial charge in [-0.15, -0.1) is 6.42 Å². The molecule has 0 aromatic heterocycles. The maximum Gasteiger partial charge on any atom is 0.243 e. The Kier molecular flexibility index (Phi) is 4.25. The maximum atomic E-state index is 12.4. The summed E-state index contributed by atoms with van der Waals surface area (Å²) in [5, 5.41) is 0. The smallest absolute Gasteiger partial charge is 0.243 e. The Labute approximate surface area is 115 Å². The molecule has 0 saturated carbocycles. The molecule has 1 fully saturated rings. The van der Waals surface area contributed by atoms with Gasteiger partial charge in [0.2, 0.25) is 10.0 Å². The van der Waals surface area contributed by atoms with Gasteiger partial charge in [0.1, 0.15) is 0 Å². The fourth-order valence-electron chi connectivity index (χ4n) is 2.12. The molecule has 1 aliphatic heterocycles. The molecule has 4 nitrogen and oxygen atoms in total. The molecule has 19 heavy (non-hydrogen) atoms. The lowest BCUT2D eigenvalue weighted by Crippen LogP contribution is -2.48. The predicted octanol–water partition coefficient (Wildman–Crippen LogP) is 0.935. The number of benzene rings is 1. The molecule has 0 N–H and O–H groups in total. The second kappa shape index (κ2) is 5.74. The zero-order chi connectivity index (χ0) is 13.9.